The largest absolute Gasteiger partial charge is 0.380 e. The standard InChI is InChI=1S/C14H27N3O/c1-12(2)8-10-18-11-9-16-14(15-3)17-13-6-4-5-7-13/h4-5,12-13H,6-11H2,1-3H3,(H2,15,16,17). The Bertz CT molecular complexity index is 266. The van der Waals surface area contributed by atoms with E-state index in [9.17, 15) is 0 Å². The minimum atomic E-state index is 0.498. The normalized spacial score (nSPS) is 16.6. The summed E-state index contributed by atoms with van der Waals surface area (Å²) in [7, 11) is 1.80. The zero-order chi connectivity index (χ0) is 13.2. The first-order valence-electron chi connectivity index (χ1n) is 6.92. The Morgan fingerprint density at radius 1 is 1.33 bits per heavy atom. The van der Waals surface area contributed by atoms with Gasteiger partial charge in [0.25, 0.3) is 0 Å². The maximum absolute atomic E-state index is 5.55. The van der Waals surface area contributed by atoms with E-state index in [1.165, 1.54) is 0 Å². The highest BCUT2D eigenvalue weighted by Crippen LogP contribution is 2.08. The van der Waals surface area contributed by atoms with Crippen LogP contribution in [0.5, 0.6) is 0 Å². The molecule has 0 atom stereocenters. The first-order chi connectivity index (χ1) is 8.72. The summed E-state index contributed by atoms with van der Waals surface area (Å²) in [4.78, 5) is 4.21. The lowest BCUT2D eigenvalue weighted by Gasteiger charge is -2.16. The minimum absolute atomic E-state index is 0.498. The third kappa shape index (κ3) is 6.64. The van der Waals surface area contributed by atoms with Crippen LogP contribution in [0, 0.1) is 5.92 Å². The van der Waals surface area contributed by atoms with E-state index >= 15 is 0 Å². The molecular weight excluding hydrogens is 226 g/mol. The van der Waals surface area contributed by atoms with Crippen LogP contribution in [0.15, 0.2) is 17.1 Å². The van der Waals surface area contributed by atoms with Crippen molar-refractivity contribution in [3.05, 3.63) is 12.2 Å². The van der Waals surface area contributed by atoms with Crippen LogP contribution in [0.25, 0.3) is 0 Å². The monoisotopic (exact) mass is 253 g/mol. The molecule has 0 spiro atoms. The average molecular weight is 253 g/mol. The molecule has 0 fully saturated rings. The molecule has 0 aromatic carbocycles. The summed E-state index contributed by atoms with van der Waals surface area (Å²) in [5.41, 5.74) is 0. The van der Waals surface area contributed by atoms with Gasteiger partial charge in [-0.25, -0.2) is 0 Å². The third-order valence-corrected chi connectivity index (χ3v) is 2.95. The number of rotatable bonds is 7. The zero-order valence-electron chi connectivity index (χ0n) is 11.9. The SMILES string of the molecule is CN=C(NCCOCCC(C)C)NC1CC=CC1. The number of guanidine groups is 1. The summed E-state index contributed by atoms with van der Waals surface area (Å²) >= 11 is 0. The Balaban J connectivity index is 2.02. The summed E-state index contributed by atoms with van der Waals surface area (Å²) < 4.78 is 5.55. The predicted octanol–water partition coefficient (Wildman–Crippen LogP) is 1.93. The van der Waals surface area contributed by atoms with Gasteiger partial charge in [-0.2, -0.15) is 0 Å². The van der Waals surface area contributed by atoms with Crippen LogP contribution in [0.4, 0.5) is 0 Å². The molecule has 1 rings (SSSR count). The van der Waals surface area contributed by atoms with Gasteiger partial charge in [-0.3, -0.25) is 4.99 Å². The molecule has 1 aliphatic rings. The second kappa shape index (κ2) is 8.97. The highest BCUT2D eigenvalue weighted by Gasteiger charge is 2.10. The smallest absolute Gasteiger partial charge is 0.191 e. The molecule has 2 N–H and O–H groups in total. The summed E-state index contributed by atoms with van der Waals surface area (Å²) in [6, 6.07) is 0.498. The fourth-order valence-corrected chi connectivity index (χ4v) is 1.79. The highest BCUT2D eigenvalue weighted by atomic mass is 16.5. The first-order valence-corrected chi connectivity index (χ1v) is 6.92. The summed E-state index contributed by atoms with van der Waals surface area (Å²) in [6.07, 6.45) is 7.72. The quantitative estimate of drug-likeness (QED) is 0.315. The summed E-state index contributed by atoms with van der Waals surface area (Å²) in [5.74, 6) is 1.58. The van der Waals surface area contributed by atoms with Gasteiger partial charge in [-0.15, -0.1) is 0 Å². The Labute approximate surface area is 111 Å². The van der Waals surface area contributed by atoms with Crippen molar-refractivity contribution in [1.82, 2.24) is 10.6 Å². The van der Waals surface area contributed by atoms with Gasteiger partial charge in [0, 0.05) is 26.2 Å². The van der Waals surface area contributed by atoms with Gasteiger partial charge in [0.1, 0.15) is 0 Å². The van der Waals surface area contributed by atoms with Crippen LogP contribution in [-0.4, -0.2) is 38.8 Å². The second-order valence-electron chi connectivity index (χ2n) is 5.08. The van der Waals surface area contributed by atoms with Crippen LogP contribution in [-0.2, 0) is 4.74 Å². The fourth-order valence-electron chi connectivity index (χ4n) is 1.79. The molecule has 4 heteroatoms. The number of nitrogens with one attached hydrogen (secondary N) is 2. The molecule has 0 amide bonds. The topological polar surface area (TPSA) is 45.7 Å². The van der Waals surface area contributed by atoms with Gasteiger partial charge in [-0.05, 0) is 25.2 Å². The van der Waals surface area contributed by atoms with Crippen molar-refractivity contribution in [3.63, 3.8) is 0 Å². The Morgan fingerprint density at radius 2 is 2.06 bits per heavy atom. The van der Waals surface area contributed by atoms with E-state index in [1.807, 2.05) is 0 Å². The summed E-state index contributed by atoms with van der Waals surface area (Å²) in [5, 5.41) is 6.67. The lowest BCUT2D eigenvalue weighted by atomic mass is 10.1. The molecule has 0 saturated heterocycles. The van der Waals surface area contributed by atoms with Crippen LogP contribution >= 0.6 is 0 Å². The third-order valence-electron chi connectivity index (χ3n) is 2.95. The van der Waals surface area contributed by atoms with Crippen LogP contribution in [0.3, 0.4) is 0 Å². The molecule has 1 aliphatic carbocycles. The molecule has 0 saturated carbocycles. The molecular formula is C14H27N3O. The van der Waals surface area contributed by atoms with E-state index in [0.29, 0.717) is 12.0 Å². The molecule has 0 radical (unpaired) electrons. The van der Waals surface area contributed by atoms with Crippen molar-refractivity contribution in [2.75, 3.05) is 26.8 Å². The lowest BCUT2D eigenvalue weighted by Crippen LogP contribution is -2.43. The van der Waals surface area contributed by atoms with E-state index in [1.54, 1.807) is 7.05 Å². The minimum Gasteiger partial charge on any atom is -0.380 e. The zero-order valence-corrected chi connectivity index (χ0v) is 11.9. The Kier molecular flexibility index (Phi) is 7.49. The molecule has 0 unspecified atom stereocenters. The molecule has 0 bridgehead atoms. The van der Waals surface area contributed by atoms with E-state index in [2.05, 4.69) is 41.6 Å². The average Bonchev–Trinajstić information content (AvgIpc) is 2.84. The number of hydrogen-bond donors (Lipinski definition) is 2. The van der Waals surface area contributed by atoms with Crippen molar-refractivity contribution < 1.29 is 4.74 Å². The predicted molar refractivity (Wildman–Crippen MR) is 76.9 cm³/mol. The number of nitrogens with zero attached hydrogens (tertiary/aromatic N) is 1. The molecule has 0 aliphatic heterocycles. The van der Waals surface area contributed by atoms with Crippen molar-refractivity contribution >= 4 is 5.96 Å². The van der Waals surface area contributed by atoms with E-state index in [-0.39, 0.29) is 0 Å². The van der Waals surface area contributed by atoms with Crippen molar-refractivity contribution in [2.24, 2.45) is 10.9 Å². The fraction of sp³-hybridized carbons (Fsp3) is 0.786. The van der Waals surface area contributed by atoms with Crippen LogP contribution in [0.1, 0.15) is 33.1 Å². The van der Waals surface area contributed by atoms with Crippen molar-refractivity contribution in [1.29, 1.82) is 0 Å². The lowest BCUT2D eigenvalue weighted by molar-refractivity contribution is 0.128. The maximum atomic E-state index is 5.55. The molecule has 4 nitrogen and oxygen atoms in total. The van der Waals surface area contributed by atoms with Gasteiger partial charge in [0.2, 0.25) is 0 Å². The van der Waals surface area contributed by atoms with E-state index < -0.39 is 0 Å². The van der Waals surface area contributed by atoms with Crippen molar-refractivity contribution in [2.45, 2.75) is 39.2 Å². The number of aliphatic imine (C=N–C) groups is 1. The summed E-state index contributed by atoms with van der Waals surface area (Å²) in [6.45, 7) is 6.80. The Morgan fingerprint density at radius 3 is 2.67 bits per heavy atom. The molecule has 0 heterocycles. The number of ether oxygens (including phenoxy) is 1. The van der Waals surface area contributed by atoms with Gasteiger partial charge in [-0.1, -0.05) is 26.0 Å². The Hall–Kier alpha value is -1.03. The maximum Gasteiger partial charge on any atom is 0.191 e. The van der Waals surface area contributed by atoms with Gasteiger partial charge in [0.15, 0.2) is 5.96 Å². The van der Waals surface area contributed by atoms with E-state index in [4.69, 9.17) is 4.74 Å². The van der Waals surface area contributed by atoms with Gasteiger partial charge >= 0.3 is 0 Å². The van der Waals surface area contributed by atoms with Crippen LogP contribution < -0.4 is 10.6 Å². The first kappa shape index (κ1) is 15.0. The van der Waals surface area contributed by atoms with Crippen molar-refractivity contribution in [3.8, 4) is 0 Å². The highest BCUT2D eigenvalue weighted by molar-refractivity contribution is 5.80. The number of hydrogen-bond acceptors (Lipinski definition) is 2. The van der Waals surface area contributed by atoms with E-state index in [0.717, 1.165) is 45.0 Å². The second-order valence-corrected chi connectivity index (χ2v) is 5.08. The van der Waals surface area contributed by atoms with Gasteiger partial charge in [0.05, 0.1) is 6.61 Å². The van der Waals surface area contributed by atoms with Gasteiger partial charge < -0.3 is 15.4 Å². The molecule has 0 aromatic heterocycles. The molecule has 0 aromatic rings. The molecule has 104 valence electrons. The molecule has 18 heavy (non-hydrogen) atoms. The van der Waals surface area contributed by atoms with Crippen LogP contribution in [0.2, 0.25) is 0 Å².